The van der Waals surface area contributed by atoms with Crippen molar-refractivity contribution in [3.63, 3.8) is 0 Å². The number of aliphatic hydroxyl groups excluding tert-OH is 10. The molecule has 0 aliphatic carbocycles. The molecule has 0 aromatic carbocycles. The number of aliphatic hydroxyl groups is 10. The molecule has 0 bridgehead atoms. The summed E-state index contributed by atoms with van der Waals surface area (Å²) >= 11 is 0. The molecule has 0 amide bonds. The summed E-state index contributed by atoms with van der Waals surface area (Å²) in [7, 11) is -34.9. The van der Waals surface area contributed by atoms with Crippen molar-refractivity contribution < 1.29 is 228 Å². The van der Waals surface area contributed by atoms with Gasteiger partial charge in [0.2, 0.25) is 0 Å². The Bertz CT molecular complexity index is 3440. The van der Waals surface area contributed by atoms with Gasteiger partial charge in [-0.3, -0.25) is 27.3 Å². The zero-order valence-corrected chi connectivity index (χ0v) is 53.2. The molecule has 6 saturated heterocycles. The van der Waals surface area contributed by atoms with E-state index in [0.717, 1.165) is 0 Å². The van der Waals surface area contributed by atoms with Gasteiger partial charge >= 0.3 is 80.0 Å². The highest BCUT2D eigenvalue weighted by molar-refractivity contribution is 7.84. The van der Waals surface area contributed by atoms with Gasteiger partial charge in [-0.2, -0.15) is 64.7 Å². The molecule has 59 heteroatoms. The largest absolute Gasteiger partial charge is 0.479 e. The van der Waals surface area contributed by atoms with Gasteiger partial charge in [0.05, 0.1) is 26.4 Å². The van der Waals surface area contributed by atoms with E-state index in [1.54, 1.807) is 0 Å². The fourth-order valence-electron chi connectivity index (χ4n) is 10.5. The van der Waals surface area contributed by atoms with Crippen molar-refractivity contribution in [1.29, 1.82) is 0 Å². The third-order valence-electron chi connectivity index (χ3n) is 14.5. The van der Waals surface area contributed by atoms with E-state index in [4.69, 9.17) is 62.6 Å². The predicted molar refractivity (Wildman–Crippen MR) is 287 cm³/mol. The highest BCUT2D eigenvalue weighted by Crippen LogP contribution is 2.39. The summed E-state index contributed by atoms with van der Waals surface area (Å²) in [5, 5.41) is 141. The highest BCUT2D eigenvalue weighted by atomic mass is 32.3. The Morgan fingerprint density at radius 1 is 0.357 bits per heavy atom. The maximum Gasteiger partial charge on any atom is 0.397 e. The van der Waals surface area contributed by atoms with Crippen LogP contribution in [0.25, 0.3) is 0 Å². The number of ether oxygens (including phenoxy) is 12. The Morgan fingerprint density at radius 2 is 0.633 bits per heavy atom. The summed E-state index contributed by atoms with van der Waals surface area (Å²) in [6.07, 6.45) is -73.9. The number of nitrogens with one attached hydrogen (secondary N) is 3. The summed E-state index contributed by atoms with van der Waals surface area (Å²) in [5.41, 5.74) is 5.40. The highest BCUT2D eigenvalue weighted by Gasteiger charge is 2.62. The van der Waals surface area contributed by atoms with E-state index in [2.05, 4.69) is 12.5 Å². The Kier molecular flexibility index (Phi) is 28.4. The first-order valence-electron chi connectivity index (χ1n) is 27.0. The third kappa shape index (κ3) is 21.7. The molecule has 0 spiro atoms. The van der Waals surface area contributed by atoms with Crippen LogP contribution in [-0.2, 0) is 146 Å². The number of carboxylic acid groups (broad SMARTS) is 3. The van der Waals surface area contributed by atoms with Crippen LogP contribution in [0.5, 0.6) is 0 Å². The number of carboxylic acids is 3. The molecule has 6 fully saturated rings. The lowest BCUT2D eigenvalue weighted by Gasteiger charge is -2.50. The van der Waals surface area contributed by atoms with Gasteiger partial charge in [0, 0.05) is 0 Å². The fraction of sp³-hybridized carbons (Fsp3) is 0.923. The number of rotatable bonds is 32. The smallest absolute Gasteiger partial charge is 0.397 e. The monoisotopic (exact) mass is 1570 g/mol. The van der Waals surface area contributed by atoms with Crippen molar-refractivity contribution in [3.05, 3.63) is 0 Å². The molecule has 0 saturated carbocycles. The first-order chi connectivity index (χ1) is 45.0. The zero-order valence-electron chi connectivity index (χ0n) is 48.3. The number of carbonyl (C=O) groups is 3. The molecular formula is C39H66N4O49S6. The Labute approximate surface area is 549 Å². The van der Waals surface area contributed by atoms with E-state index in [1.165, 1.54) is 14.2 Å². The second-order valence-corrected chi connectivity index (χ2v) is 27.9. The molecule has 30 atom stereocenters. The van der Waals surface area contributed by atoms with Crippen LogP contribution in [0.4, 0.5) is 0 Å². The van der Waals surface area contributed by atoms with Gasteiger partial charge in [0.1, 0.15) is 110 Å². The average molecular weight is 1570 g/mol. The first kappa shape index (κ1) is 83.7. The minimum Gasteiger partial charge on any atom is -0.479 e. The average Bonchev–Trinajstić information content (AvgIpc) is 0.766. The lowest BCUT2D eigenvalue weighted by atomic mass is 9.94. The standard InChI is InChI=1S/C39H66N4O49S6/c40-2-1-3-78-37-25(90-96(69,70)71)17(51)22(28(87-37)31(54)55)85-35-11(42-94(63,64)65)15(49)20(8(5-45)80-35)83-39-27(92-98(75,76)77)19(53)24(30(89-39)33(58)59)86-36-12(43-95(66,67)68)16(50)21(9(6-46)81-36)82-38-26(91-97(72,73)74)18(52)23(29(88-38)32(56)57)84-34-10(41-93(60,61)62)14(48)13(47)7(4-44)79-34/h7-30,34-39,41-53H,1-6,40H2,(H,54,55)(H,56,57)(H,58,59)(H,60,61,62)(H,63,64,65)(H,66,67,68)(H,69,70,71)(H,72,73,74)(H,75,76,77)/t7-,8-,9-,10-,11-,12-,13-,14-,15-,16-,17+,18+,19+,20-,21-,22+,23+,24+,25-,26-,27-,28+,29-,30+,34-,35-,36-,37-,38-,39-/m1/s1. The quantitative estimate of drug-likeness (QED) is 0.0220. The van der Waals surface area contributed by atoms with Gasteiger partial charge in [-0.05, 0) is 13.0 Å². The molecule has 0 radical (unpaired) electrons. The molecular weight excluding hydrogens is 1500 g/mol. The van der Waals surface area contributed by atoms with Crippen molar-refractivity contribution in [1.82, 2.24) is 14.2 Å². The number of hydrogen-bond donors (Lipinski definition) is 23. The van der Waals surface area contributed by atoms with Gasteiger partial charge in [-0.15, -0.1) is 0 Å². The minimum absolute atomic E-state index is 0.0383. The molecule has 572 valence electrons. The maximum atomic E-state index is 13.1. The van der Waals surface area contributed by atoms with Crippen LogP contribution in [0.2, 0.25) is 0 Å². The van der Waals surface area contributed by atoms with Crippen LogP contribution in [0.15, 0.2) is 0 Å². The summed E-state index contributed by atoms with van der Waals surface area (Å²) in [6.45, 7) is -5.04. The summed E-state index contributed by atoms with van der Waals surface area (Å²) in [6, 6.07) is -8.08. The topological polar surface area (TPSA) is 841 Å². The van der Waals surface area contributed by atoms with E-state index in [9.17, 15) is 159 Å². The molecule has 24 N–H and O–H groups in total. The second kappa shape index (κ2) is 33.2. The molecule has 6 rings (SSSR count). The van der Waals surface area contributed by atoms with Crippen molar-refractivity contribution in [3.8, 4) is 0 Å². The maximum absolute atomic E-state index is 13.1. The molecule has 6 aliphatic heterocycles. The number of nitrogens with two attached hydrogens (primary N) is 1. The molecule has 0 aromatic rings. The molecule has 0 aromatic heterocycles. The molecule has 0 unspecified atom stereocenters. The van der Waals surface area contributed by atoms with Crippen LogP contribution in [0.3, 0.4) is 0 Å². The van der Waals surface area contributed by atoms with Crippen molar-refractivity contribution in [2.75, 3.05) is 33.0 Å². The predicted octanol–water partition coefficient (Wildman–Crippen LogP) is -15.8. The van der Waals surface area contributed by atoms with Crippen LogP contribution in [0, 0.1) is 0 Å². The van der Waals surface area contributed by atoms with Crippen LogP contribution in [-0.4, -0.2) is 379 Å². The Hall–Kier alpha value is -3.29. The van der Waals surface area contributed by atoms with E-state index >= 15 is 0 Å². The summed E-state index contributed by atoms with van der Waals surface area (Å²) in [4.78, 5) is 38.4. The third-order valence-corrected chi connectivity index (χ3v) is 17.6. The Morgan fingerprint density at radius 3 is 0.908 bits per heavy atom. The number of hydrogen-bond acceptors (Lipinski definition) is 41. The van der Waals surface area contributed by atoms with Crippen molar-refractivity contribution in [2.24, 2.45) is 5.73 Å². The Balaban J connectivity index is 1.32. The molecule has 53 nitrogen and oxygen atoms in total. The van der Waals surface area contributed by atoms with E-state index in [0.29, 0.717) is 0 Å². The molecule has 6 aliphatic rings. The van der Waals surface area contributed by atoms with Crippen molar-refractivity contribution in [2.45, 2.75) is 190 Å². The van der Waals surface area contributed by atoms with Crippen LogP contribution >= 0.6 is 0 Å². The summed E-state index contributed by atoms with van der Waals surface area (Å²) in [5.74, 6) is -6.83. The van der Waals surface area contributed by atoms with Crippen LogP contribution < -0.4 is 19.9 Å². The van der Waals surface area contributed by atoms with Gasteiger partial charge < -0.3 is 129 Å². The van der Waals surface area contributed by atoms with Gasteiger partial charge in [0.15, 0.2) is 74.4 Å². The lowest BCUT2D eigenvalue weighted by molar-refractivity contribution is -0.376. The lowest BCUT2D eigenvalue weighted by Crippen LogP contribution is -2.71. The SMILES string of the molecule is NCCCO[C@@H]1O[C@H](C(=O)O)[C@@H](O[C@H]2O[C@H](CO)[C@@H](O[C@@H]3O[C@H](C(=O)O)[C@@H](O[C@H]4O[C@H](CO)[C@@H](O[C@@H]5O[C@@H](C(=O)O)[C@@H](O[C@H]6O[C@H](CO)[C@@H](O)[C@H](O)[C@H]6NS(=O)(=O)O)[C@H](O)[C@H]5OS(=O)(=O)O)[C@H](O)[C@H]4NS(=O)(=O)O)[C@H](O)[C@H]3OS(=O)(=O)O)[C@H](O)[C@H]2NS(=O)(=O)O)[C@H](O)[C@H]1OS(=O)(=O)O. The van der Waals surface area contributed by atoms with Gasteiger partial charge in [0.25, 0.3) is 0 Å². The van der Waals surface area contributed by atoms with Crippen molar-refractivity contribution >= 4 is 80.0 Å². The normalized spacial score (nSPS) is 41.1. The first-order valence-corrected chi connectivity index (χ1v) is 35.4. The summed E-state index contributed by atoms with van der Waals surface area (Å²) < 4.78 is 287. The zero-order chi connectivity index (χ0) is 74.0. The minimum atomic E-state index is -6.12. The van der Waals surface area contributed by atoms with Crippen LogP contribution in [0.1, 0.15) is 6.42 Å². The number of aliphatic carboxylic acids is 3. The van der Waals surface area contributed by atoms with E-state index in [1.807, 2.05) is 0 Å². The molecule has 6 heterocycles. The van der Waals surface area contributed by atoms with Gasteiger partial charge in [-0.1, -0.05) is 0 Å². The van der Waals surface area contributed by atoms with E-state index < -0.39 is 290 Å². The van der Waals surface area contributed by atoms with Gasteiger partial charge in [-0.25, -0.2) is 26.9 Å². The van der Waals surface area contributed by atoms with E-state index in [-0.39, 0.29) is 13.0 Å². The fourth-order valence-corrected chi connectivity index (χ4v) is 13.7. The molecule has 98 heavy (non-hydrogen) atoms. The second-order valence-electron chi connectivity index (χ2n) is 21.2.